The van der Waals surface area contributed by atoms with Gasteiger partial charge in [-0.1, -0.05) is 44.2 Å². The van der Waals surface area contributed by atoms with E-state index >= 15 is 0 Å². The predicted molar refractivity (Wildman–Crippen MR) is 84.0 cm³/mol. The summed E-state index contributed by atoms with van der Waals surface area (Å²) in [5, 5.41) is 3.06. The molecule has 116 valence electrons. The molecule has 1 aliphatic rings. The Morgan fingerprint density at radius 2 is 2.00 bits per heavy atom. The Morgan fingerprint density at radius 1 is 1.29 bits per heavy atom. The first-order valence-electron chi connectivity index (χ1n) is 7.90. The minimum Gasteiger partial charge on any atom is -0.373 e. The van der Waals surface area contributed by atoms with E-state index in [0.717, 1.165) is 26.1 Å². The number of benzene rings is 1. The Balaban J connectivity index is 1.83. The fourth-order valence-electron chi connectivity index (χ4n) is 2.81. The molecule has 1 heterocycles. The molecule has 0 aromatic heterocycles. The average Bonchev–Trinajstić information content (AvgIpc) is 3.00. The zero-order valence-electron chi connectivity index (χ0n) is 13.0. The maximum absolute atomic E-state index is 12.0. The van der Waals surface area contributed by atoms with Crippen LogP contribution >= 0.6 is 0 Å². The van der Waals surface area contributed by atoms with Crippen LogP contribution in [0.1, 0.15) is 31.9 Å². The number of hydrogen-bond acceptors (Lipinski definition) is 3. The van der Waals surface area contributed by atoms with E-state index in [1.807, 2.05) is 18.2 Å². The van der Waals surface area contributed by atoms with E-state index in [-0.39, 0.29) is 12.0 Å². The highest BCUT2D eigenvalue weighted by Crippen LogP contribution is 2.33. The number of likely N-dealkylation sites (N-methyl/N-ethyl adjacent to an activating group) is 1. The van der Waals surface area contributed by atoms with Crippen LogP contribution in [0.2, 0.25) is 0 Å². The van der Waals surface area contributed by atoms with Gasteiger partial charge in [0.2, 0.25) is 5.91 Å². The second kappa shape index (κ2) is 8.15. The highest BCUT2D eigenvalue weighted by Gasteiger charge is 2.29. The zero-order chi connectivity index (χ0) is 15.1. The van der Waals surface area contributed by atoms with E-state index in [2.05, 4.69) is 36.2 Å². The minimum absolute atomic E-state index is 0.109. The van der Waals surface area contributed by atoms with Gasteiger partial charge in [-0.15, -0.1) is 0 Å². The Morgan fingerprint density at radius 3 is 2.67 bits per heavy atom. The van der Waals surface area contributed by atoms with Crippen molar-refractivity contribution in [2.24, 2.45) is 5.92 Å². The second-order valence-electron chi connectivity index (χ2n) is 5.52. The Bertz CT molecular complexity index is 432. The number of carbonyl (C=O) groups excluding carboxylic acids is 1. The van der Waals surface area contributed by atoms with Crippen molar-refractivity contribution in [3.63, 3.8) is 0 Å². The van der Waals surface area contributed by atoms with Crippen LogP contribution in [-0.2, 0) is 9.53 Å². The third kappa shape index (κ3) is 4.55. The normalized spacial score (nSPS) is 21.7. The molecule has 1 aliphatic heterocycles. The first-order valence-corrected chi connectivity index (χ1v) is 7.90. The standard InChI is InChI=1S/C17H26N2O2/c1-3-19(4-2)13-16(20)18-12-15-10-11-21-17(15)14-8-6-5-7-9-14/h5-9,15,17H,3-4,10-13H2,1-2H3,(H,18,20)/t15-,17+/m1/s1. The van der Waals surface area contributed by atoms with Crippen molar-refractivity contribution in [1.82, 2.24) is 10.2 Å². The van der Waals surface area contributed by atoms with Crippen molar-refractivity contribution < 1.29 is 9.53 Å². The van der Waals surface area contributed by atoms with E-state index in [4.69, 9.17) is 4.74 Å². The monoisotopic (exact) mass is 290 g/mol. The molecule has 1 fully saturated rings. The molecule has 0 unspecified atom stereocenters. The van der Waals surface area contributed by atoms with Crippen LogP contribution in [0.3, 0.4) is 0 Å². The van der Waals surface area contributed by atoms with Crippen molar-refractivity contribution in [3.8, 4) is 0 Å². The molecule has 21 heavy (non-hydrogen) atoms. The van der Waals surface area contributed by atoms with Crippen molar-refractivity contribution in [3.05, 3.63) is 35.9 Å². The summed E-state index contributed by atoms with van der Waals surface area (Å²) in [5.41, 5.74) is 1.21. The fraction of sp³-hybridized carbons (Fsp3) is 0.588. The van der Waals surface area contributed by atoms with Crippen LogP contribution < -0.4 is 5.32 Å². The minimum atomic E-state index is 0.109. The van der Waals surface area contributed by atoms with Gasteiger partial charge in [-0.3, -0.25) is 9.69 Å². The lowest BCUT2D eigenvalue weighted by Crippen LogP contribution is -2.39. The molecule has 0 saturated carbocycles. The molecule has 0 aliphatic carbocycles. The van der Waals surface area contributed by atoms with Gasteiger partial charge in [0.25, 0.3) is 0 Å². The van der Waals surface area contributed by atoms with E-state index in [1.54, 1.807) is 0 Å². The van der Waals surface area contributed by atoms with Crippen LogP contribution in [0.4, 0.5) is 0 Å². The van der Waals surface area contributed by atoms with Gasteiger partial charge >= 0.3 is 0 Å². The van der Waals surface area contributed by atoms with E-state index in [1.165, 1.54) is 5.56 Å². The van der Waals surface area contributed by atoms with Gasteiger partial charge in [0.1, 0.15) is 0 Å². The SMILES string of the molecule is CCN(CC)CC(=O)NC[C@H]1CCO[C@H]1c1ccccc1. The molecule has 2 rings (SSSR count). The van der Waals surface area contributed by atoms with Crippen LogP contribution in [0.25, 0.3) is 0 Å². The summed E-state index contributed by atoms with van der Waals surface area (Å²) in [5.74, 6) is 0.477. The molecule has 1 N–H and O–H groups in total. The fourth-order valence-corrected chi connectivity index (χ4v) is 2.81. The van der Waals surface area contributed by atoms with E-state index in [9.17, 15) is 4.79 Å². The molecule has 1 saturated heterocycles. The largest absolute Gasteiger partial charge is 0.373 e. The smallest absolute Gasteiger partial charge is 0.234 e. The zero-order valence-corrected chi connectivity index (χ0v) is 13.0. The number of rotatable bonds is 7. The Hall–Kier alpha value is -1.39. The van der Waals surface area contributed by atoms with Crippen molar-refractivity contribution in [1.29, 1.82) is 0 Å². The predicted octanol–water partition coefficient (Wildman–Crippen LogP) is 2.22. The maximum atomic E-state index is 12.0. The van der Waals surface area contributed by atoms with Gasteiger partial charge < -0.3 is 10.1 Å². The van der Waals surface area contributed by atoms with Gasteiger partial charge in [-0.25, -0.2) is 0 Å². The maximum Gasteiger partial charge on any atom is 0.234 e. The second-order valence-corrected chi connectivity index (χ2v) is 5.52. The van der Waals surface area contributed by atoms with E-state index in [0.29, 0.717) is 19.0 Å². The number of hydrogen-bond donors (Lipinski definition) is 1. The Labute approximate surface area is 127 Å². The summed E-state index contributed by atoms with van der Waals surface area (Å²) >= 11 is 0. The number of ether oxygens (including phenoxy) is 1. The van der Waals surface area contributed by atoms with E-state index < -0.39 is 0 Å². The number of nitrogens with one attached hydrogen (secondary N) is 1. The van der Waals surface area contributed by atoms with Crippen molar-refractivity contribution in [2.75, 3.05) is 32.8 Å². The van der Waals surface area contributed by atoms with Crippen molar-refractivity contribution in [2.45, 2.75) is 26.4 Å². The molecule has 0 radical (unpaired) electrons. The molecule has 1 amide bonds. The molecule has 1 aromatic carbocycles. The summed E-state index contributed by atoms with van der Waals surface area (Å²) in [4.78, 5) is 14.1. The van der Waals surface area contributed by atoms with Gasteiger partial charge in [0, 0.05) is 19.1 Å². The summed E-state index contributed by atoms with van der Waals surface area (Å²) in [7, 11) is 0. The van der Waals surface area contributed by atoms with Crippen LogP contribution in [0.5, 0.6) is 0 Å². The summed E-state index contributed by atoms with van der Waals surface area (Å²) in [6.07, 6.45) is 1.12. The molecular weight excluding hydrogens is 264 g/mol. The number of nitrogens with zero attached hydrogens (tertiary/aromatic N) is 1. The average molecular weight is 290 g/mol. The van der Waals surface area contributed by atoms with Crippen LogP contribution in [0, 0.1) is 5.92 Å². The molecule has 1 aromatic rings. The van der Waals surface area contributed by atoms with Crippen molar-refractivity contribution >= 4 is 5.91 Å². The topological polar surface area (TPSA) is 41.6 Å². The molecule has 0 spiro atoms. The van der Waals surface area contributed by atoms with Gasteiger partial charge in [0.15, 0.2) is 0 Å². The van der Waals surface area contributed by atoms with Gasteiger partial charge in [0.05, 0.1) is 12.6 Å². The lowest BCUT2D eigenvalue weighted by molar-refractivity contribution is -0.122. The highest BCUT2D eigenvalue weighted by atomic mass is 16.5. The lowest BCUT2D eigenvalue weighted by Gasteiger charge is -2.21. The third-order valence-corrected chi connectivity index (χ3v) is 4.17. The van der Waals surface area contributed by atoms with Gasteiger partial charge in [-0.05, 0) is 25.1 Å². The first-order chi connectivity index (χ1) is 10.2. The molecule has 4 nitrogen and oxygen atoms in total. The Kier molecular flexibility index (Phi) is 6.21. The van der Waals surface area contributed by atoms with Gasteiger partial charge in [-0.2, -0.15) is 0 Å². The highest BCUT2D eigenvalue weighted by molar-refractivity contribution is 5.78. The molecular formula is C17H26N2O2. The first kappa shape index (κ1) is 16.0. The summed E-state index contributed by atoms with van der Waals surface area (Å²) < 4.78 is 5.85. The number of amides is 1. The third-order valence-electron chi connectivity index (χ3n) is 4.17. The lowest BCUT2D eigenvalue weighted by atomic mass is 9.95. The quantitative estimate of drug-likeness (QED) is 0.837. The molecule has 0 bridgehead atoms. The van der Waals surface area contributed by atoms with Crippen LogP contribution in [0.15, 0.2) is 30.3 Å². The number of carbonyl (C=O) groups is 1. The molecule has 4 heteroatoms. The summed E-state index contributed by atoms with van der Waals surface area (Å²) in [6, 6.07) is 10.3. The van der Waals surface area contributed by atoms with Crippen LogP contribution in [-0.4, -0.2) is 43.6 Å². The summed E-state index contributed by atoms with van der Waals surface area (Å²) in [6.45, 7) is 7.92. The molecule has 2 atom stereocenters.